The van der Waals surface area contributed by atoms with Crippen LogP contribution in [0.1, 0.15) is 30.4 Å². The van der Waals surface area contributed by atoms with Gasteiger partial charge in [0, 0.05) is 33.9 Å². The van der Waals surface area contributed by atoms with Crippen molar-refractivity contribution in [2.75, 3.05) is 27.3 Å². The van der Waals surface area contributed by atoms with Crippen LogP contribution in [0.3, 0.4) is 0 Å². The lowest BCUT2D eigenvalue weighted by Crippen LogP contribution is -2.37. The Labute approximate surface area is 135 Å². The van der Waals surface area contributed by atoms with E-state index in [-0.39, 0.29) is 0 Å². The summed E-state index contributed by atoms with van der Waals surface area (Å²) in [6.45, 7) is 1.97. The van der Waals surface area contributed by atoms with Crippen LogP contribution in [0.15, 0.2) is 29.3 Å². The molecular formula is C16H24F3N3O. The maximum Gasteiger partial charge on any atom is 0.416 e. The van der Waals surface area contributed by atoms with E-state index in [9.17, 15) is 13.2 Å². The molecule has 7 heteroatoms. The molecule has 0 aromatic heterocycles. The van der Waals surface area contributed by atoms with Crippen LogP contribution in [0.25, 0.3) is 0 Å². The molecule has 2 N–H and O–H groups in total. The Kier molecular flexibility index (Phi) is 8.47. The summed E-state index contributed by atoms with van der Waals surface area (Å²) in [5, 5.41) is 6.25. The molecule has 0 heterocycles. The molecule has 0 saturated carbocycles. The van der Waals surface area contributed by atoms with Crippen LogP contribution in [-0.2, 0) is 17.5 Å². The van der Waals surface area contributed by atoms with Crippen molar-refractivity contribution in [3.05, 3.63) is 35.4 Å². The first kappa shape index (κ1) is 19.3. The van der Waals surface area contributed by atoms with E-state index in [4.69, 9.17) is 4.74 Å². The summed E-state index contributed by atoms with van der Waals surface area (Å²) in [6.07, 6.45) is -1.21. The number of unbranched alkanes of at least 4 members (excludes halogenated alkanes) is 2. The first-order chi connectivity index (χ1) is 11.0. The Morgan fingerprint density at radius 2 is 1.78 bits per heavy atom. The molecule has 0 fully saturated rings. The molecule has 23 heavy (non-hydrogen) atoms. The van der Waals surface area contributed by atoms with Gasteiger partial charge >= 0.3 is 6.18 Å². The molecule has 0 radical (unpaired) electrons. The largest absolute Gasteiger partial charge is 0.416 e. The molecule has 0 unspecified atom stereocenters. The van der Waals surface area contributed by atoms with Gasteiger partial charge in [0.15, 0.2) is 5.96 Å². The summed E-state index contributed by atoms with van der Waals surface area (Å²) < 4.78 is 42.4. The molecular weight excluding hydrogens is 307 g/mol. The third-order valence-corrected chi connectivity index (χ3v) is 3.28. The predicted molar refractivity (Wildman–Crippen MR) is 85.4 cm³/mol. The van der Waals surface area contributed by atoms with Gasteiger partial charge in [0.05, 0.1) is 5.56 Å². The zero-order chi connectivity index (χ0) is 17.1. The molecule has 0 spiro atoms. The number of rotatable bonds is 8. The molecule has 1 rings (SSSR count). The third kappa shape index (κ3) is 7.88. The number of halogens is 3. The average Bonchev–Trinajstić information content (AvgIpc) is 2.53. The quantitative estimate of drug-likeness (QED) is 0.437. The van der Waals surface area contributed by atoms with Crippen molar-refractivity contribution in [3.8, 4) is 0 Å². The lowest BCUT2D eigenvalue weighted by atomic mass is 10.1. The Morgan fingerprint density at radius 1 is 1.09 bits per heavy atom. The fourth-order valence-electron chi connectivity index (χ4n) is 1.97. The van der Waals surface area contributed by atoms with Crippen molar-refractivity contribution in [2.24, 2.45) is 4.99 Å². The van der Waals surface area contributed by atoms with Crippen molar-refractivity contribution in [1.29, 1.82) is 0 Å². The summed E-state index contributed by atoms with van der Waals surface area (Å²) in [7, 11) is 3.35. The number of hydrogen-bond donors (Lipinski definition) is 2. The van der Waals surface area contributed by atoms with E-state index in [0.717, 1.165) is 50.1 Å². The van der Waals surface area contributed by atoms with Crippen LogP contribution in [0.5, 0.6) is 0 Å². The smallest absolute Gasteiger partial charge is 0.385 e. The van der Waals surface area contributed by atoms with Crippen molar-refractivity contribution < 1.29 is 17.9 Å². The number of nitrogens with one attached hydrogen (secondary N) is 2. The number of aliphatic imine (C=N–C) groups is 1. The maximum absolute atomic E-state index is 12.5. The SMILES string of the molecule is CN=C(NCCCCCOC)NCc1ccc(C(F)(F)F)cc1. The van der Waals surface area contributed by atoms with Crippen LogP contribution >= 0.6 is 0 Å². The van der Waals surface area contributed by atoms with Gasteiger partial charge in [-0.05, 0) is 37.0 Å². The van der Waals surface area contributed by atoms with E-state index < -0.39 is 11.7 Å². The highest BCUT2D eigenvalue weighted by atomic mass is 19.4. The molecule has 130 valence electrons. The Bertz CT molecular complexity index is 472. The normalized spacial score (nSPS) is 12.3. The Hall–Kier alpha value is -1.76. The number of ether oxygens (including phenoxy) is 1. The summed E-state index contributed by atoms with van der Waals surface area (Å²) in [6, 6.07) is 5.10. The van der Waals surface area contributed by atoms with Gasteiger partial charge in [-0.25, -0.2) is 0 Å². The van der Waals surface area contributed by atoms with Gasteiger partial charge < -0.3 is 15.4 Å². The highest BCUT2D eigenvalue weighted by Gasteiger charge is 2.29. The van der Waals surface area contributed by atoms with Gasteiger partial charge in [-0.15, -0.1) is 0 Å². The molecule has 0 aliphatic carbocycles. The van der Waals surface area contributed by atoms with Gasteiger partial charge in [-0.1, -0.05) is 12.1 Å². The zero-order valence-corrected chi connectivity index (χ0v) is 13.5. The van der Waals surface area contributed by atoms with Crippen molar-refractivity contribution in [3.63, 3.8) is 0 Å². The van der Waals surface area contributed by atoms with Crippen molar-refractivity contribution in [2.45, 2.75) is 32.0 Å². The highest BCUT2D eigenvalue weighted by Crippen LogP contribution is 2.28. The Balaban J connectivity index is 2.31. The van der Waals surface area contributed by atoms with E-state index in [2.05, 4.69) is 15.6 Å². The minimum Gasteiger partial charge on any atom is -0.385 e. The number of benzene rings is 1. The van der Waals surface area contributed by atoms with Gasteiger partial charge in [-0.3, -0.25) is 4.99 Å². The molecule has 0 aliphatic heterocycles. The zero-order valence-electron chi connectivity index (χ0n) is 13.5. The molecule has 0 atom stereocenters. The monoisotopic (exact) mass is 331 g/mol. The van der Waals surface area contributed by atoms with Gasteiger partial charge in [0.2, 0.25) is 0 Å². The number of guanidine groups is 1. The van der Waals surface area contributed by atoms with Crippen LogP contribution < -0.4 is 10.6 Å². The van der Waals surface area contributed by atoms with Gasteiger partial charge in [0.1, 0.15) is 0 Å². The van der Waals surface area contributed by atoms with Crippen molar-refractivity contribution in [1.82, 2.24) is 10.6 Å². The standard InChI is InChI=1S/C16H24F3N3O/c1-20-15(21-10-4-3-5-11-23-2)22-12-13-6-8-14(9-7-13)16(17,18)19/h6-9H,3-5,10-12H2,1-2H3,(H2,20,21,22). The van der Waals surface area contributed by atoms with E-state index in [1.165, 1.54) is 12.1 Å². The summed E-state index contributed by atoms with van der Waals surface area (Å²) in [4.78, 5) is 4.08. The maximum atomic E-state index is 12.5. The number of alkyl halides is 3. The number of methoxy groups -OCH3 is 1. The van der Waals surface area contributed by atoms with E-state index in [1.807, 2.05) is 0 Å². The molecule has 0 saturated heterocycles. The molecule has 0 aliphatic rings. The topological polar surface area (TPSA) is 45.7 Å². The van der Waals surface area contributed by atoms with Crippen molar-refractivity contribution >= 4 is 5.96 Å². The van der Waals surface area contributed by atoms with E-state index in [0.29, 0.717) is 12.5 Å². The molecule has 0 amide bonds. The summed E-state index contributed by atoms with van der Waals surface area (Å²) in [5.41, 5.74) is 0.126. The number of hydrogen-bond acceptors (Lipinski definition) is 2. The summed E-state index contributed by atoms with van der Waals surface area (Å²) in [5.74, 6) is 0.636. The second-order valence-corrected chi connectivity index (χ2v) is 5.10. The lowest BCUT2D eigenvalue weighted by Gasteiger charge is -2.12. The van der Waals surface area contributed by atoms with Crippen LogP contribution in [0, 0.1) is 0 Å². The Morgan fingerprint density at radius 3 is 2.35 bits per heavy atom. The molecule has 0 bridgehead atoms. The van der Waals surface area contributed by atoms with Gasteiger partial charge in [-0.2, -0.15) is 13.2 Å². The van der Waals surface area contributed by atoms with E-state index in [1.54, 1.807) is 14.2 Å². The fraction of sp³-hybridized carbons (Fsp3) is 0.562. The third-order valence-electron chi connectivity index (χ3n) is 3.28. The first-order valence-electron chi connectivity index (χ1n) is 7.57. The highest BCUT2D eigenvalue weighted by molar-refractivity contribution is 5.79. The molecule has 4 nitrogen and oxygen atoms in total. The number of nitrogens with zero attached hydrogens (tertiary/aromatic N) is 1. The molecule has 1 aromatic rings. The fourth-order valence-corrected chi connectivity index (χ4v) is 1.97. The summed E-state index contributed by atoms with van der Waals surface area (Å²) >= 11 is 0. The van der Waals surface area contributed by atoms with E-state index >= 15 is 0 Å². The second kappa shape index (κ2) is 10.1. The van der Waals surface area contributed by atoms with Crippen LogP contribution in [0.4, 0.5) is 13.2 Å². The minimum atomic E-state index is -4.30. The average molecular weight is 331 g/mol. The van der Waals surface area contributed by atoms with Crippen LogP contribution in [0.2, 0.25) is 0 Å². The first-order valence-corrected chi connectivity index (χ1v) is 7.57. The predicted octanol–water partition coefficient (Wildman–Crippen LogP) is 3.19. The second-order valence-electron chi connectivity index (χ2n) is 5.10. The minimum absolute atomic E-state index is 0.418. The van der Waals surface area contributed by atoms with Gasteiger partial charge in [0.25, 0.3) is 0 Å². The lowest BCUT2D eigenvalue weighted by molar-refractivity contribution is -0.137. The molecule has 1 aromatic carbocycles. The van der Waals surface area contributed by atoms with Crippen LogP contribution in [-0.4, -0.2) is 33.3 Å².